The molecule has 0 bridgehead atoms. The molecular weight excluding hydrogens is 188 g/mol. The molecule has 0 saturated carbocycles. The Morgan fingerprint density at radius 2 is 2.20 bits per heavy atom. The first-order valence-corrected chi connectivity index (χ1v) is 6.12. The van der Waals surface area contributed by atoms with Gasteiger partial charge in [0.05, 0.1) is 6.61 Å². The number of rotatable bonds is 5. The van der Waals surface area contributed by atoms with Gasteiger partial charge in [-0.1, -0.05) is 6.92 Å². The van der Waals surface area contributed by atoms with Gasteiger partial charge in [0.25, 0.3) is 0 Å². The lowest BCUT2D eigenvalue weighted by molar-refractivity contribution is 0.0583. The molecule has 0 aliphatic carbocycles. The van der Waals surface area contributed by atoms with E-state index in [4.69, 9.17) is 4.74 Å². The van der Waals surface area contributed by atoms with E-state index in [1.807, 2.05) is 0 Å². The van der Waals surface area contributed by atoms with Gasteiger partial charge in [-0.3, -0.25) is 4.90 Å². The van der Waals surface area contributed by atoms with Crippen LogP contribution in [-0.2, 0) is 4.74 Å². The van der Waals surface area contributed by atoms with Gasteiger partial charge in [-0.15, -0.1) is 0 Å². The summed E-state index contributed by atoms with van der Waals surface area (Å²) in [5.74, 6) is 0.748. The number of hydrogen-bond acceptors (Lipinski definition) is 3. The van der Waals surface area contributed by atoms with Gasteiger partial charge in [-0.25, -0.2) is 0 Å². The third-order valence-corrected chi connectivity index (χ3v) is 3.38. The van der Waals surface area contributed by atoms with Crippen LogP contribution in [0, 0.1) is 5.92 Å². The lowest BCUT2D eigenvalue weighted by Crippen LogP contribution is -2.52. The van der Waals surface area contributed by atoms with Crippen LogP contribution in [0.3, 0.4) is 0 Å². The summed E-state index contributed by atoms with van der Waals surface area (Å²) in [7, 11) is 1.78. The third-order valence-electron chi connectivity index (χ3n) is 3.38. The summed E-state index contributed by atoms with van der Waals surface area (Å²) in [5, 5.41) is 3.46. The largest absolute Gasteiger partial charge is 0.383 e. The van der Waals surface area contributed by atoms with Crippen molar-refractivity contribution in [3.05, 3.63) is 0 Å². The second-order valence-electron chi connectivity index (χ2n) is 4.86. The fourth-order valence-electron chi connectivity index (χ4n) is 2.50. The number of nitrogens with one attached hydrogen (secondary N) is 1. The molecule has 0 amide bonds. The molecule has 0 aromatic carbocycles. The van der Waals surface area contributed by atoms with E-state index in [1.165, 1.54) is 6.42 Å². The van der Waals surface area contributed by atoms with Crippen molar-refractivity contribution in [2.45, 2.75) is 39.3 Å². The van der Waals surface area contributed by atoms with Crippen LogP contribution in [0.5, 0.6) is 0 Å². The zero-order valence-corrected chi connectivity index (χ0v) is 10.6. The smallest absolute Gasteiger partial charge is 0.0589 e. The fraction of sp³-hybridized carbons (Fsp3) is 1.00. The lowest BCUT2D eigenvalue weighted by atomic mass is 9.93. The van der Waals surface area contributed by atoms with Crippen LogP contribution in [0.1, 0.15) is 27.2 Å². The van der Waals surface area contributed by atoms with Gasteiger partial charge >= 0.3 is 0 Å². The predicted molar refractivity (Wildman–Crippen MR) is 64.2 cm³/mol. The topological polar surface area (TPSA) is 24.5 Å². The van der Waals surface area contributed by atoms with Crippen LogP contribution in [-0.4, -0.2) is 50.3 Å². The van der Waals surface area contributed by atoms with Gasteiger partial charge in [0.1, 0.15) is 0 Å². The summed E-state index contributed by atoms with van der Waals surface area (Å²) < 4.78 is 5.19. The van der Waals surface area contributed by atoms with Gasteiger partial charge in [-0.2, -0.15) is 0 Å². The van der Waals surface area contributed by atoms with Gasteiger partial charge in [0.15, 0.2) is 0 Å². The summed E-state index contributed by atoms with van der Waals surface area (Å²) >= 11 is 0. The number of ether oxygens (including phenoxy) is 1. The summed E-state index contributed by atoms with van der Waals surface area (Å²) in [6.07, 6.45) is 1.27. The summed E-state index contributed by atoms with van der Waals surface area (Å²) in [4.78, 5) is 2.59. The van der Waals surface area contributed by atoms with Crippen molar-refractivity contribution in [2.75, 3.05) is 33.4 Å². The molecule has 1 N–H and O–H groups in total. The number of methoxy groups -OCH3 is 1. The highest BCUT2D eigenvalue weighted by molar-refractivity contribution is 4.84. The molecule has 3 heteroatoms. The van der Waals surface area contributed by atoms with E-state index in [2.05, 4.69) is 31.0 Å². The quantitative estimate of drug-likeness (QED) is 0.747. The van der Waals surface area contributed by atoms with Gasteiger partial charge in [0, 0.05) is 25.7 Å². The molecular formula is C12H26N2O. The lowest BCUT2D eigenvalue weighted by Gasteiger charge is -2.41. The van der Waals surface area contributed by atoms with Gasteiger partial charge in [0.2, 0.25) is 0 Å². The van der Waals surface area contributed by atoms with E-state index in [0.717, 1.165) is 38.2 Å². The van der Waals surface area contributed by atoms with Crippen molar-refractivity contribution in [1.82, 2.24) is 10.2 Å². The molecule has 0 aromatic rings. The Morgan fingerprint density at radius 3 is 2.73 bits per heavy atom. The zero-order valence-electron chi connectivity index (χ0n) is 10.6. The minimum atomic E-state index is 0.616. The molecule has 1 aliphatic rings. The maximum absolute atomic E-state index is 5.19. The minimum Gasteiger partial charge on any atom is -0.383 e. The molecule has 2 unspecified atom stereocenters. The number of piperidine rings is 1. The highest BCUT2D eigenvalue weighted by atomic mass is 16.5. The van der Waals surface area contributed by atoms with Crippen molar-refractivity contribution in [1.29, 1.82) is 0 Å². The number of hydrogen-bond donors (Lipinski definition) is 1. The highest BCUT2D eigenvalue weighted by Crippen LogP contribution is 2.19. The fourth-order valence-corrected chi connectivity index (χ4v) is 2.50. The van der Waals surface area contributed by atoms with Gasteiger partial charge in [-0.05, 0) is 39.3 Å². The first-order chi connectivity index (χ1) is 7.16. The Balaban J connectivity index is 2.52. The SMILES string of the molecule is COCCN(C(C)C)C1CCNCC1C. The van der Waals surface area contributed by atoms with Crippen molar-refractivity contribution in [3.63, 3.8) is 0 Å². The molecule has 1 aliphatic heterocycles. The van der Waals surface area contributed by atoms with Crippen LogP contribution in [0.15, 0.2) is 0 Å². The average molecular weight is 214 g/mol. The van der Waals surface area contributed by atoms with E-state index < -0.39 is 0 Å². The molecule has 1 heterocycles. The highest BCUT2D eigenvalue weighted by Gasteiger charge is 2.28. The molecule has 0 spiro atoms. The number of nitrogens with zero attached hydrogens (tertiary/aromatic N) is 1. The maximum atomic E-state index is 5.19. The average Bonchev–Trinajstić information content (AvgIpc) is 2.20. The minimum absolute atomic E-state index is 0.616. The van der Waals surface area contributed by atoms with Gasteiger partial charge < -0.3 is 10.1 Å². The molecule has 1 rings (SSSR count). The van der Waals surface area contributed by atoms with Crippen LogP contribution in [0.25, 0.3) is 0 Å². The van der Waals surface area contributed by atoms with Crippen molar-refractivity contribution in [2.24, 2.45) is 5.92 Å². The molecule has 1 saturated heterocycles. The first kappa shape index (κ1) is 12.9. The van der Waals surface area contributed by atoms with Crippen molar-refractivity contribution in [3.8, 4) is 0 Å². The van der Waals surface area contributed by atoms with Crippen LogP contribution in [0.4, 0.5) is 0 Å². The molecule has 1 fully saturated rings. The van der Waals surface area contributed by atoms with Crippen LogP contribution < -0.4 is 5.32 Å². The normalized spacial score (nSPS) is 27.6. The zero-order chi connectivity index (χ0) is 11.3. The van der Waals surface area contributed by atoms with E-state index >= 15 is 0 Å². The van der Waals surface area contributed by atoms with E-state index in [9.17, 15) is 0 Å². The maximum Gasteiger partial charge on any atom is 0.0589 e. The van der Waals surface area contributed by atoms with Crippen molar-refractivity contribution >= 4 is 0 Å². The summed E-state index contributed by atoms with van der Waals surface area (Å²) in [6.45, 7) is 11.1. The Labute approximate surface area is 94.2 Å². The Morgan fingerprint density at radius 1 is 1.47 bits per heavy atom. The molecule has 2 atom stereocenters. The van der Waals surface area contributed by atoms with E-state index in [-0.39, 0.29) is 0 Å². The molecule has 0 aromatic heterocycles. The second kappa shape index (κ2) is 6.46. The Kier molecular flexibility index (Phi) is 5.58. The molecule has 90 valence electrons. The Bertz CT molecular complexity index is 173. The summed E-state index contributed by atoms with van der Waals surface area (Å²) in [6, 6.07) is 1.34. The Hall–Kier alpha value is -0.120. The predicted octanol–water partition coefficient (Wildman–Crippen LogP) is 1.34. The monoisotopic (exact) mass is 214 g/mol. The third kappa shape index (κ3) is 3.74. The molecule has 15 heavy (non-hydrogen) atoms. The molecule has 3 nitrogen and oxygen atoms in total. The standard InChI is InChI=1S/C12H26N2O/c1-10(2)14(7-8-15-4)12-5-6-13-9-11(12)3/h10-13H,5-9H2,1-4H3. The second-order valence-corrected chi connectivity index (χ2v) is 4.86. The van der Waals surface area contributed by atoms with Crippen molar-refractivity contribution < 1.29 is 4.74 Å². The van der Waals surface area contributed by atoms with Crippen LogP contribution >= 0.6 is 0 Å². The van der Waals surface area contributed by atoms with E-state index in [0.29, 0.717) is 6.04 Å². The van der Waals surface area contributed by atoms with Crippen LogP contribution in [0.2, 0.25) is 0 Å². The molecule has 0 radical (unpaired) electrons. The first-order valence-electron chi connectivity index (χ1n) is 6.12. The van der Waals surface area contributed by atoms with E-state index in [1.54, 1.807) is 7.11 Å². The summed E-state index contributed by atoms with van der Waals surface area (Å²) in [5.41, 5.74) is 0.